The maximum absolute atomic E-state index is 5.92. The minimum Gasteiger partial charge on any atom is -0.494 e. The Kier molecular flexibility index (Phi) is 7.97. The number of rotatable bonds is 8. The molecule has 0 bridgehead atoms. The third-order valence-corrected chi connectivity index (χ3v) is 5.29. The summed E-state index contributed by atoms with van der Waals surface area (Å²) in [5.74, 6) is 2.57. The maximum atomic E-state index is 5.92. The zero-order chi connectivity index (χ0) is 19.6. The summed E-state index contributed by atoms with van der Waals surface area (Å²) in [6.07, 6.45) is 3.43. The summed E-state index contributed by atoms with van der Waals surface area (Å²) in [6.45, 7) is 7.83. The van der Waals surface area contributed by atoms with E-state index in [-0.39, 0.29) is 0 Å². The molecule has 0 aliphatic carbocycles. The van der Waals surface area contributed by atoms with Crippen molar-refractivity contribution < 1.29 is 4.74 Å². The molecule has 5 nitrogen and oxygen atoms in total. The molecule has 2 aromatic carbocycles. The van der Waals surface area contributed by atoms with Gasteiger partial charge in [-0.05, 0) is 75.1 Å². The first-order valence-electron chi connectivity index (χ1n) is 10.6. The van der Waals surface area contributed by atoms with Crippen molar-refractivity contribution in [3.8, 4) is 5.75 Å². The molecule has 0 atom stereocenters. The number of ether oxygens (including phenoxy) is 1. The Morgan fingerprint density at radius 1 is 1.11 bits per heavy atom. The summed E-state index contributed by atoms with van der Waals surface area (Å²) in [4.78, 5) is 7.19. The van der Waals surface area contributed by atoms with Crippen LogP contribution in [0.1, 0.15) is 26.2 Å². The molecule has 1 fully saturated rings. The highest BCUT2D eigenvalue weighted by Crippen LogP contribution is 2.20. The van der Waals surface area contributed by atoms with Crippen molar-refractivity contribution in [1.29, 1.82) is 0 Å². The van der Waals surface area contributed by atoms with Gasteiger partial charge in [-0.25, -0.2) is 0 Å². The molecule has 0 amide bonds. The number of nitrogens with one attached hydrogen (secondary N) is 2. The summed E-state index contributed by atoms with van der Waals surface area (Å²) in [5, 5.41) is 9.24. The average Bonchev–Trinajstić information content (AvgIpc) is 2.72. The molecular formula is C23H34N4O. The molecule has 1 heterocycles. The van der Waals surface area contributed by atoms with Gasteiger partial charge in [0, 0.05) is 19.6 Å². The summed E-state index contributed by atoms with van der Waals surface area (Å²) in [7, 11) is 2.20. The summed E-state index contributed by atoms with van der Waals surface area (Å²) < 4.78 is 5.92. The number of nitrogens with zero attached hydrogens (tertiary/aromatic N) is 2. The van der Waals surface area contributed by atoms with Crippen molar-refractivity contribution in [2.75, 3.05) is 46.4 Å². The Morgan fingerprint density at radius 2 is 1.89 bits per heavy atom. The maximum Gasteiger partial charge on any atom is 0.191 e. The summed E-state index contributed by atoms with van der Waals surface area (Å²) in [5.41, 5.74) is 0. The van der Waals surface area contributed by atoms with Crippen molar-refractivity contribution >= 4 is 16.7 Å². The predicted molar refractivity (Wildman–Crippen MR) is 118 cm³/mol. The molecule has 0 aromatic heterocycles. The topological polar surface area (TPSA) is 48.9 Å². The summed E-state index contributed by atoms with van der Waals surface area (Å²) in [6, 6.07) is 14.6. The number of hydrogen-bond acceptors (Lipinski definition) is 3. The third kappa shape index (κ3) is 6.41. The fourth-order valence-corrected chi connectivity index (χ4v) is 3.53. The number of aliphatic imine (C=N–C) groups is 1. The van der Waals surface area contributed by atoms with Crippen LogP contribution in [0.4, 0.5) is 0 Å². The standard InChI is InChI=1S/C23H34N4O/c1-3-24-23(26-18-19-11-14-27(2)15-12-19)25-13-6-16-28-22-10-9-20-7-4-5-8-21(20)17-22/h4-5,7-10,17,19H,3,6,11-16,18H2,1-2H3,(H2,24,25,26). The van der Waals surface area contributed by atoms with Gasteiger partial charge in [0.25, 0.3) is 0 Å². The van der Waals surface area contributed by atoms with Crippen LogP contribution in [0, 0.1) is 5.92 Å². The Hall–Kier alpha value is -2.27. The lowest BCUT2D eigenvalue weighted by atomic mass is 9.97. The normalized spacial score (nSPS) is 16.3. The van der Waals surface area contributed by atoms with Crippen LogP contribution in [0.5, 0.6) is 5.75 Å². The molecular weight excluding hydrogens is 348 g/mol. The van der Waals surface area contributed by atoms with E-state index >= 15 is 0 Å². The highest BCUT2D eigenvalue weighted by molar-refractivity contribution is 5.83. The minimum atomic E-state index is 0.694. The van der Waals surface area contributed by atoms with Gasteiger partial charge in [-0.3, -0.25) is 4.99 Å². The van der Waals surface area contributed by atoms with Gasteiger partial charge in [-0.2, -0.15) is 0 Å². The van der Waals surface area contributed by atoms with Crippen molar-refractivity contribution in [3.63, 3.8) is 0 Å². The SMILES string of the molecule is CCNC(=NCC1CCN(C)CC1)NCCCOc1ccc2ccccc2c1. The molecule has 0 unspecified atom stereocenters. The van der Waals surface area contributed by atoms with Gasteiger partial charge in [0.15, 0.2) is 5.96 Å². The predicted octanol–water partition coefficient (Wildman–Crippen LogP) is 3.51. The zero-order valence-corrected chi connectivity index (χ0v) is 17.3. The molecule has 1 aliphatic rings. The van der Waals surface area contributed by atoms with Crippen molar-refractivity contribution in [2.24, 2.45) is 10.9 Å². The van der Waals surface area contributed by atoms with Gasteiger partial charge < -0.3 is 20.3 Å². The van der Waals surface area contributed by atoms with Crippen LogP contribution in [-0.4, -0.2) is 57.2 Å². The molecule has 5 heteroatoms. The first-order valence-corrected chi connectivity index (χ1v) is 10.6. The molecule has 2 aromatic rings. The molecule has 1 aliphatic heterocycles. The quantitative estimate of drug-likeness (QED) is 0.417. The largest absolute Gasteiger partial charge is 0.494 e. The minimum absolute atomic E-state index is 0.694. The van der Waals surface area contributed by atoms with Crippen LogP contribution < -0.4 is 15.4 Å². The van der Waals surface area contributed by atoms with Gasteiger partial charge in [0.1, 0.15) is 5.75 Å². The van der Waals surface area contributed by atoms with Crippen molar-refractivity contribution in [1.82, 2.24) is 15.5 Å². The van der Waals surface area contributed by atoms with Gasteiger partial charge in [-0.15, -0.1) is 0 Å². The van der Waals surface area contributed by atoms with E-state index in [9.17, 15) is 0 Å². The van der Waals surface area contributed by atoms with Crippen LogP contribution in [0.15, 0.2) is 47.5 Å². The van der Waals surface area contributed by atoms with E-state index in [1.165, 1.54) is 36.7 Å². The zero-order valence-electron chi connectivity index (χ0n) is 17.3. The van der Waals surface area contributed by atoms with E-state index in [0.29, 0.717) is 12.5 Å². The lowest BCUT2D eigenvalue weighted by molar-refractivity contribution is 0.223. The fourth-order valence-electron chi connectivity index (χ4n) is 3.53. The van der Waals surface area contributed by atoms with E-state index in [0.717, 1.165) is 37.8 Å². The number of hydrogen-bond donors (Lipinski definition) is 2. The van der Waals surface area contributed by atoms with E-state index in [1.807, 2.05) is 6.07 Å². The van der Waals surface area contributed by atoms with Crippen molar-refractivity contribution in [3.05, 3.63) is 42.5 Å². The van der Waals surface area contributed by atoms with Gasteiger partial charge in [-0.1, -0.05) is 30.3 Å². The Morgan fingerprint density at radius 3 is 2.68 bits per heavy atom. The monoisotopic (exact) mass is 382 g/mol. The van der Waals surface area contributed by atoms with Crippen LogP contribution in [0.25, 0.3) is 10.8 Å². The number of likely N-dealkylation sites (tertiary alicyclic amines) is 1. The highest BCUT2D eigenvalue weighted by atomic mass is 16.5. The van der Waals surface area contributed by atoms with Gasteiger partial charge in [0.2, 0.25) is 0 Å². The van der Waals surface area contributed by atoms with Gasteiger partial charge >= 0.3 is 0 Å². The van der Waals surface area contributed by atoms with E-state index in [1.54, 1.807) is 0 Å². The second kappa shape index (κ2) is 10.9. The number of guanidine groups is 1. The molecule has 0 spiro atoms. The second-order valence-electron chi connectivity index (χ2n) is 7.60. The van der Waals surface area contributed by atoms with Gasteiger partial charge in [0.05, 0.1) is 6.61 Å². The Bertz CT molecular complexity index is 753. The lowest BCUT2D eigenvalue weighted by Gasteiger charge is -2.28. The highest BCUT2D eigenvalue weighted by Gasteiger charge is 2.16. The Labute approximate surface area is 169 Å². The first kappa shape index (κ1) is 20.5. The van der Waals surface area contributed by atoms with E-state index in [2.05, 4.69) is 65.9 Å². The molecule has 28 heavy (non-hydrogen) atoms. The van der Waals surface area contributed by atoms with Crippen LogP contribution in [0.2, 0.25) is 0 Å². The molecule has 3 rings (SSSR count). The average molecular weight is 383 g/mol. The van der Waals surface area contributed by atoms with Crippen molar-refractivity contribution in [2.45, 2.75) is 26.2 Å². The lowest BCUT2D eigenvalue weighted by Crippen LogP contribution is -2.39. The molecule has 0 radical (unpaired) electrons. The van der Waals surface area contributed by atoms with E-state index < -0.39 is 0 Å². The fraction of sp³-hybridized carbons (Fsp3) is 0.522. The third-order valence-electron chi connectivity index (χ3n) is 5.29. The van der Waals surface area contributed by atoms with Crippen LogP contribution in [-0.2, 0) is 0 Å². The molecule has 152 valence electrons. The second-order valence-corrected chi connectivity index (χ2v) is 7.60. The van der Waals surface area contributed by atoms with Crippen LogP contribution >= 0.6 is 0 Å². The summed E-state index contributed by atoms with van der Waals surface area (Å²) >= 11 is 0. The van der Waals surface area contributed by atoms with E-state index in [4.69, 9.17) is 9.73 Å². The Balaban J connectivity index is 1.38. The molecule has 0 saturated carbocycles. The number of benzene rings is 2. The van der Waals surface area contributed by atoms with Crippen LogP contribution in [0.3, 0.4) is 0 Å². The molecule has 2 N–H and O–H groups in total. The number of piperidine rings is 1. The number of fused-ring (bicyclic) bond motifs is 1. The smallest absolute Gasteiger partial charge is 0.191 e. The first-order chi connectivity index (χ1) is 13.7. The molecule has 1 saturated heterocycles.